The van der Waals surface area contributed by atoms with Crippen LogP contribution in [0.2, 0.25) is 5.02 Å². The summed E-state index contributed by atoms with van der Waals surface area (Å²) in [6, 6.07) is 14.8. The molecule has 0 aliphatic carbocycles. The Bertz CT molecular complexity index is 820. The summed E-state index contributed by atoms with van der Waals surface area (Å²) < 4.78 is 5.67. The number of halogens is 1. The summed E-state index contributed by atoms with van der Waals surface area (Å²) in [6.45, 7) is 0.312. The number of benzene rings is 2. The van der Waals surface area contributed by atoms with Gasteiger partial charge < -0.3 is 10.1 Å². The molecule has 1 saturated heterocycles. The standard InChI is InChI=1S/C18H15ClN2O2S2/c1-23-15-8-2-12(3-9-15)10-16-17(22)21(18(24)25-16)11-20-14-6-4-13(19)5-7-14/h2-10,20H,11H2,1H3/b16-10-. The van der Waals surface area contributed by atoms with E-state index in [4.69, 9.17) is 28.6 Å². The zero-order chi connectivity index (χ0) is 17.8. The van der Waals surface area contributed by atoms with Crippen LogP contribution in [0, 0.1) is 0 Å². The molecule has 1 aliphatic rings. The number of nitrogens with zero attached hydrogens (tertiary/aromatic N) is 1. The number of anilines is 1. The van der Waals surface area contributed by atoms with Crippen LogP contribution in [0.15, 0.2) is 53.4 Å². The maximum absolute atomic E-state index is 12.6. The third-order valence-corrected chi connectivity index (χ3v) is 5.20. The second kappa shape index (κ2) is 7.91. The quantitative estimate of drug-likeness (QED) is 0.596. The molecular formula is C18H15ClN2O2S2. The van der Waals surface area contributed by atoms with Crippen molar-refractivity contribution in [3.8, 4) is 5.75 Å². The van der Waals surface area contributed by atoms with Gasteiger partial charge in [0, 0.05) is 10.7 Å². The van der Waals surface area contributed by atoms with Crippen molar-refractivity contribution in [1.82, 2.24) is 4.90 Å². The van der Waals surface area contributed by atoms with Crippen LogP contribution < -0.4 is 10.1 Å². The Morgan fingerprint density at radius 2 is 1.88 bits per heavy atom. The molecule has 0 unspecified atom stereocenters. The van der Waals surface area contributed by atoms with E-state index in [1.165, 1.54) is 11.8 Å². The Labute approximate surface area is 160 Å². The van der Waals surface area contributed by atoms with Crippen LogP contribution in [0.4, 0.5) is 5.69 Å². The van der Waals surface area contributed by atoms with E-state index in [-0.39, 0.29) is 5.91 Å². The maximum Gasteiger partial charge on any atom is 0.267 e. The number of nitrogens with one attached hydrogen (secondary N) is 1. The van der Waals surface area contributed by atoms with Gasteiger partial charge in [0.15, 0.2) is 0 Å². The van der Waals surface area contributed by atoms with Crippen LogP contribution in [-0.2, 0) is 4.79 Å². The second-order valence-electron chi connectivity index (χ2n) is 5.22. The Morgan fingerprint density at radius 1 is 1.20 bits per heavy atom. The van der Waals surface area contributed by atoms with E-state index in [1.54, 1.807) is 24.1 Å². The molecule has 128 valence electrons. The van der Waals surface area contributed by atoms with Crippen LogP contribution >= 0.6 is 35.6 Å². The normalized spacial score (nSPS) is 15.8. The number of carbonyl (C=O) groups is 1. The van der Waals surface area contributed by atoms with Crippen molar-refractivity contribution in [3.05, 3.63) is 64.0 Å². The highest BCUT2D eigenvalue weighted by molar-refractivity contribution is 8.26. The van der Waals surface area contributed by atoms with Crippen LogP contribution in [0.3, 0.4) is 0 Å². The molecule has 7 heteroatoms. The van der Waals surface area contributed by atoms with E-state index < -0.39 is 0 Å². The summed E-state index contributed by atoms with van der Waals surface area (Å²) in [4.78, 5) is 14.7. The number of thiocarbonyl (C=S) groups is 1. The van der Waals surface area contributed by atoms with Crippen molar-refractivity contribution in [2.75, 3.05) is 19.1 Å². The highest BCUT2D eigenvalue weighted by atomic mass is 35.5. The highest BCUT2D eigenvalue weighted by Crippen LogP contribution is 2.32. The molecule has 0 aromatic heterocycles. The molecule has 0 saturated carbocycles. The largest absolute Gasteiger partial charge is 0.497 e. The van der Waals surface area contributed by atoms with Gasteiger partial charge in [-0.15, -0.1) is 0 Å². The molecule has 25 heavy (non-hydrogen) atoms. The predicted octanol–water partition coefficient (Wildman–Crippen LogP) is 4.62. The summed E-state index contributed by atoms with van der Waals surface area (Å²) in [7, 11) is 1.62. The van der Waals surface area contributed by atoms with Gasteiger partial charge in [0.05, 0.1) is 18.7 Å². The van der Waals surface area contributed by atoms with Crippen molar-refractivity contribution in [2.24, 2.45) is 0 Å². The maximum atomic E-state index is 12.6. The lowest BCUT2D eigenvalue weighted by molar-refractivity contribution is -0.121. The first-order valence-corrected chi connectivity index (χ1v) is 9.06. The van der Waals surface area contributed by atoms with Gasteiger partial charge in [-0.2, -0.15) is 0 Å². The fourth-order valence-electron chi connectivity index (χ4n) is 2.23. The van der Waals surface area contributed by atoms with Gasteiger partial charge in [-0.1, -0.05) is 47.7 Å². The zero-order valence-corrected chi connectivity index (χ0v) is 15.8. The summed E-state index contributed by atoms with van der Waals surface area (Å²) in [5.74, 6) is 0.671. The van der Waals surface area contributed by atoms with Crippen molar-refractivity contribution < 1.29 is 9.53 Å². The average molecular weight is 391 g/mol. The molecule has 0 atom stereocenters. The Morgan fingerprint density at radius 3 is 2.52 bits per heavy atom. The van der Waals surface area contributed by atoms with Crippen molar-refractivity contribution in [1.29, 1.82) is 0 Å². The SMILES string of the molecule is COc1ccc(/C=C2\SC(=S)N(CNc3ccc(Cl)cc3)C2=O)cc1. The molecule has 1 N–H and O–H groups in total. The van der Waals surface area contributed by atoms with E-state index in [0.717, 1.165) is 17.0 Å². The first-order chi connectivity index (χ1) is 12.1. The third-order valence-electron chi connectivity index (χ3n) is 3.57. The minimum atomic E-state index is -0.104. The van der Waals surface area contributed by atoms with E-state index in [9.17, 15) is 4.79 Å². The van der Waals surface area contributed by atoms with Gasteiger partial charge in [-0.25, -0.2) is 0 Å². The number of amides is 1. The monoisotopic (exact) mass is 390 g/mol. The summed E-state index contributed by atoms with van der Waals surface area (Å²) in [5, 5.41) is 3.84. The molecule has 1 amide bonds. The minimum absolute atomic E-state index is 0.104. The number of ether oxygens (including phenoxy) is 1. The lowest BCUT2D eigenvalue weighted by Crippen LogP contribution is -2.33. The van der Waals surface area contributed by atoms with Gasteiger partial charge in [0.25, 0.3) is 5.91 Å². The van der Waals surface area contributed by atoms with Crippen LogP contribution in [-0.4, -0.2) is 28.9 Å². The fourth-order valence-corrected chi connectivity index (χ4v) is 3.61. The molecule has 4 nitrogen and oxygen atoms in total. The van der Waals surface area contributed by atoms with Gasteiger partial charge in [-0.3, -0.25) is 9.69 Å². The molecule has 3 rings (SSSR count). The number of hydrogen-bond acceptors (Lipinski definition) is 5. The fraction of sp³-hybridized carbons (Fsp3) is 0.111. The Kier molecular flexibility index (Phi) is 5.63. The van der Waals surface area contributed by atoms with Gasteiger partial charge >= 0.3 is 0 Å². The van der Waals surface area contributed by atoms with Crippen LogP contribution in [0.5, 0.6) is 5.75 Å². The first-order valence-electron chi connectivity index (χ1n) is 7.45. The van der Waals surface area contributed by atoms with Crippen molar-refractivity contribution >= 4 is 57.6 Å². The number of hydrogen-bond donors (Lipinski definition) is 1. The van der Waals surface area contributed by atoms with E-state index in [1.807, 2.05) is 42.5 Å². The van der Waals surface area contributed by atoms with Crippen LogP contribution in [0.1, 0.15) is 5.56 Å². The van der Waals surface area contributed by atoms with Gasteiger partial charge in [0.1, 0.15) is 10.1 Å². The molecule has 0 radical (unpaired) electrons. The lowest BCUT2D eigenvalue weighted by Gasteiger charge is -2.16. The molecule has 1 fully saturated rings. The Balaban J connectivity index is 1.68. The predicted molar refractivity (Wildman–Crippen MR) is 108 cm³/mol. The molecule has 0 bridgehead atoms. The Hall–Kier alpha value is -2.02. The van der Waals surface area contributed by atoms with Gasteiger partial charge in [-0.05, 0) is 48.0 Å². The molecule has 1 aliphatic heterocycles. The minimum Gasteiger partial charge on any atom is -0.497 e. The van der Waals surface area contributed by atoms with E-state index in [0.29, 0.717) is 20.9 Å². The van der Waals surface area contributed by atoms with Crippen LogP contribution in [0.25, 0.3) is 6.08 Å². The van der Waals surface area contributed by atoms with Crippen molar-refractivity contribution in [3.63, 3.8) is 0 Å². The van der Waals surface area contributed by atoms with Gasteiger partial charge in [0.2, 0.25) is 0 Å². The van der Waals surface area contributed by atoms with E-state index in [2.05, 4.69) is 5.32 Å². The first kappa shape index (κ1) is 17.8. The summed E-state index contributed by atoms with van der Waals surface area (Å²) in [5.41, 5.74) is 1.80. The van der Waals surface area contributed by atoms with E-state index >= 15 is 0 Å². The number of thioether (sulfide) groups is 1. The number of methoxy groups -OCH3 is 1. The molecule has 1 heterocycles. The topological polar surface area (TPSA) is 41.6 Å². The third kappa shape index (κ3) is 4.34. The number of rotatable bonds is 5. The average Bonchev–Trinajstić information content (AvgIpc) is 2.89. The van der Waals surface area contributed by atoms with Crippen molar-refractivity contribution in [2.45, 2.75) is 0 Å². The smallest absolute Gasteiger partial charge is 0.267 e. The molecule has 0 spiro atoms. The number of carbonyl (C=O) groups excluding carboxylic acids is 1. The molecule has 2 aromatic rings. The molecule has 2 aromatic carbocycles. The second-order valence-corrected chi connectivity index (χ2v) is 7.34. The molecular weight excluding hydrogens is 376 g/mol. The zero-order valence-electron chi connectivity index (χ0n) is 13.4. The summed E-state index contributed by atoms with van der Waals surface area (Å²) in [6.07, 6.45) is 1.83. The lowest BCUT2D eigenvalue weighted by atomic mass is 10.2. The summed E-state index contributed by atoms with van der Waals surface area (Å²) >= 11 is 12.5. The highest BCUT2D eigenvalue weighted by Gasteiger charge is 2.31.